The number of aliphatic hydroxyl groups excluding tert-OH is 1. The Balaban J connectivity index is 1.61. The van der Waals surface area contributed by atoms with Gasteiger partial charge in [0, 0.05) is 42.3 Å². The highest BCUT2D eigenvalue weighted by molar-refractivity contribution is 9.10. The summed E-state index contributed by atoms with van der Waals surface area (Å²) in [7, 11) is 0. The highest BCUT2D eigenvalue weighted by Crippen LogP contribution is 2.41. The molecule has 0 unspecified atom stereocenters. The summed E-state index contributed by atoms with van der Waals surface area (Å²) >= 11 is 3.55. The van der Waals surface area contributed by atoms with Crippen LogP contribution in [0, 0.1) is 16.0 Å². The zero-order chi connectivity index (χ0) is 22.1. The van der Waals surface area contributed by atoms with E-state index in [4.69, 9.17) is 0 Å². The zero-order valence-electron chi connectivity index (χ0n) is 17.4. The standard InChI is InChI=1S/C23H26BrN3O4/c1-15-8-9-21-23(29)25(12-16-4-2-7-19(10-16)27(30)31)13-20(28)14-26(21)22(15)17-5-3-6-18(24)11-17/h2-7,10-11,15,20-22,28H,8-9,12-14H2,1H3/t15-,20-,21-,22-/m0/s1. The fourth-order valence-electron chi connectivity index (χ4n) is 4.97. The minimum absolute atomic E-state index is 0.00292. The molecule has 2 aromatic carbocycles. The average molecular weight is 488 g/mol. The molecule has 7 nitrogen and oxygen atoms in total. The van der Waals surface area contributed by atoms with Crippen LogP contribution in [0.2, 0.25) is 0 Å². The third kappa shape index (κ3) is 4.66. The van der Waals surface area contributed by atoms with Gasteiger partial charge >= 0.3 is 0 Å². The quantitative estimate of drug-likeness (QED) is 0.521. The van der Waals surface area contributed by atoms with Crippen LogP contribution in [-0.4, -0.2) is 51.0 Å². The number of nitro benzene ring substituents is 1. The maximum atomic E-state index is 13.5. The molecule has 0 aromatic heterocycles. The SMILES string of the molecule is C[C@H]1CC[C@H]2C(=O)N(Cc3cccc([N+](=O)[O-])c3)C[C@H](O)CN2[C@@H]1c1cccc(Br)c1. The smallest absolute Gasteiger partial charge is 0.269 e. The Hall–Kier alpha value is -2.29. The van der Waals surface area contributed by atoms with Gasteiger partial charge in [0.25, 0.3) is 5.69 Å². The third-order valence-electron chi connectivity index (χ3n) is 6.33. The van der Waals surface area contributed by atoms with Gasteiger partial charge in [-0.3, -0.25) is 19.8 Å². The van der Waals surface area contributed by atoms with E-state index in [1.807, 2.05) is 12.1 Å². The van der Waals surface area contributed by atoms with E-state index in [1.165, 1.54) is 12.1 Å². The van der Waals surface area contributed by atoms with E-state index in [0.29, 0.717) is 18.0 Å². The molecular formula is C23H26BrN3O4. The zero-order valence-corrected chi connectivity index (χ0v) is 18.9. The summed E-state index contributed by atoms with van der Waals surface area (Å²) in [6, 6.07) is 14.2. The number of nitro groups is 1. The van der Waals surface area contributed by atoms with Crippen molar-refractivity contribution in [2.45, 2.75) is 44.5 Å². The van der Waals surface area contributed by atoms with E-state index < -0.39 is 11.0 Å². The van der Waals surface area contributed by atoms with Crippen molar-refractivity contribution in [2.75, 3.05) is 13.1 Å². The van der Waals surface area contributed by atoms with Gasteiger partial charge in [-0.15, -0.1) is 0 Å². The largest absolute Gasteiger partial charge is 0.390 e. The molecule has 2 aromatic rings. The summed E-state index contributed by atoms with van der Waals surface area (Å²) < 4.78 is 0.994. The molecule has 8 heteroatoms. The predicted molar refractivity (Wildman–Crippen MR) is 120 cm³/mol. The van der Waals surface area contributed by atoms with E-state index in [1.54, 1.807) is 17.0 Å². The first-order chi connectivity index (χ1) is 14.8. The molecule has 0 aliphatic carbocycles. The van der Waals surface area contributed by atoms with Crippen LogP contribution in [0.1, 0.15) is 36.9 Å². The highest BCUT2D eigenvalue weighted by Gasteiger charge is 2.44. The monoisotopic (exact) mass is 487 g/mol. The van der Waals surface area contributed by atoms with Gasteiger partial charge in [0.2, 0.25) is 5.91 Å². The molecule has 0 radical (unpaired) electrons. The number of hydrogen-bond acceptors (Lipinski definition) is 5. The molecule has 31 heavy (non-hydrogen) atoms. The number of halogens is 1. The minimum Gasteiger partial charge on any atom is -0.390 e. The van der Waals surface area contributed by atoms with Gasteiger partial charge in [0.1, 0.15) is 0 Å². The van der Waals surface area contributed by atoms with E-state index in [2.05, 4.69) is 39.9 Å². The normalized spacial score (nSPS) is 26.9. The van der Waals surface area contributed by atoms with Gasteiger partial charge in [-0.05, 0) is 42.0 Å². The number of hydrogen-bond donors (Lipinski definition) is 1. The summed E-state index contributed by atoms with van der Waals surface area (Å²) in [6.45, 7) is 3.08. The Morgan fingerprint density at radius 1 is 1.16 bits per heavy atom. The van der Waals surface area contributed by atoms with Crippen LogP contribution in [0.15, 0.2) is 53.0 Å². The molecule has 2 saturated heterocycles. The number of benzene rings is 2. The summed E-state index contributed by atoms with van der Waals surface area (Å²) in [5.74, 6) is 0.337. The summed E-state index contributed by atoms with van der Waals surface area (Å²) in [6.07, 6.45) is 0.973. The molecule has 1 amide bonds. The molecule has 4 rings (SSSR count). The van der Waals surface area contributed by atoms with Crippen LogP contribution in [0.3, 0.4) is 0 Å². The second kappa shape index (κ2) is 9.06. The Bertz CT molecular complexity index is 985. The summed E-state index contributed by atoms with van der Waals surface area (Å²) in [4.78, 5) is 28.0. The maximum absolute atomic E-state index is 13.5. The number of β-amino-alcohol motifs (C(OH)–C–C–N with tert-alkyl or cyclic N) is 1. The van der Waals surface area contributed by atoms with Gasteiger partial charge in [0.05, 0.1) is 17.1 Å². The van der Waals surface area contributed by atoms with E-state index >= 15 is 0 Å². The molecule has 2 heterocycles. The lowest BCUT2D eigenvalue weighted by Gasteiger charge is -2.44. The van der Waals surface area contributed by atoms with Gasteiger partial charge in [-0.25, -0.2) is 0 Å². The number of aliphatic hydroxyl groups is 1. The van der Waals surface area contributed by atoms with Crippen LogP contribution in [-0.2, 0) is 11.3 Å². The van der Waals surface area contributed by atoms with Crippen LogP contribution in [0.4, 0.5) is 5.69 Å². The second-order valence-electron chi connectivity index (χ2n) is 8.57. The van der Waals surface area contributed by atoms with Gasteiger partial charge in [0.15, 0.2) is 0 Å². The number of non-ortho nitro benzene ring substituents is 1. The van der Waals surface area contributed by atoms with Gasteiger partial charge in [-0.1, -0.05) is 47.1 Å². The van der Waals surface area contributed by atoms with E-state index in [0.717, 1.165) is 22.9 Å². The summed E-state index contributed by atoms with van der Waals surface area (Å²) in [5.41, 5.74) is 1.83. The van der Waals surface area contributed by atoms with Crippen molar-refractivity contribution in [1.29, 1.82) is 0 Å². The molecule has 4 atom stereocenters. The maximum Gasteiger partial charge on any atom is 0.269 e. The average Bonchev–Trinajstić information content (AvgIpc) is 2.84. The molecule has 0 spiro atoms. The minimum atomic E-state index is -0.687. The van der Waals surface area contributed by atoms with Crippen molar-refractivity contribution >= 4 is 27.5 Å². The number of rotatable bonds is 4. The van der Waals surface area contributed by atoms with E-state index in [-0.39, 0.29) is 36.8 Å². The van der Waals surface area contributed by atoms with E-state index in [9.17, 15) is 20.0 Å². The Morgan fingerprint density at radius 3 is 2.68 bits per heavy atom. The molecule has 2 aliphatic heterocycles. The lowest BCUT2D eigenvalue weighted by atomic mass is 9.82. The van der Waals surface area contributed by atoms with Crippen molar-refractivity contribution in [1.82, 2.24) is 9.80 Å². The number of carbonyl (C=O) groups is 1. The van der Waals surface area contributed by atoms with Gasteiger partial charge in [-0.2, -0.15) is 0 Å². The number of fused-ring (bicyclic) bond motifs is 1. The van der Waals surface area contributed by atoms with Crippen LogP contribution in [0.25, 0.3) is 0 Å². The Morgan fingerprint density at radius 2 is 1.94 bits per heavy atom. The topological polar surface area (TPSA) is 86.9 Å². The lowest BCUT2D eigenvalue weighted by molar-refractivity contribution is -0.384. The fourth-order valence-corrected chi connectivity index (χ4v) is 5.39. The highest BCUT2D eigenvalue weighted by atomic mass is 79.9. The van der Waals surface area contributed by atoms with Crippen molar-refractivity contribution in [2.24, 2.45) is 5.92 Å². The molecule has 0 bridgehead atoms. The molecule has 0 saturated carbocycles. The number of piperidine rings is 1. The molecule has 1 N–H and O–H groups in total. The first-order valence-corrected chi connectivity index (χ1v) is 11.3. The Kier molecular flexibility index (Phi) is 6.41. The molecule has 2 fully saturated rings. The third-order valence-corrected chi connectivity index (χ3v) is 6.82. The lowest BCUT2D eigenvalue weighted by Crippen LogP contribution is -2.51. The van der Waals surface area contributed by atoms with Crippen molar-refractivity contribution in [3.05, 3.63) is 74.2 Å². The Labute approximate surface area is 189 Å². The van der Waals surface area contributed by atoms with Crippen LogP contribution < -0.4 is 0 Å². The fraction of sp³-hybridized carbons (Fsp3) is 0.435. The summed E-state index contributed by atoms with van der Waals surface area (Å²) in [5, 5.41) is 21.9. The van der Waals surface area contributed by atoms with Crippen LogP contribution >= 0.6 is 15.9 Å². The first kappa shape index (κ1) is 21.9. The van der Waals surface area contributed by atoms with Crippen molar-refractivity contribution < 1.29 is 14.8 Å². The first-order valence-electron chi connectivity index (χ1n) is 10.5. The number of nitrogens with zero attached hydrogens (tertiary/aromatic N) is 3. The number of carbonyl (C=O) groups excluding carboxylic acids is 1. The molecule has 164 valence electrons. The van der Waals surface area contributed by atoms with Crippen molar-refractivity contribution in [3.63, 3.8) is 0 Å². The number of amides is 1. The predicted octanol–water partition coefficient (Wildman–Crippen LogP) is 3.90. The van der Waals surface area contributed by atoms with Crippen molar-refractivity contribution in [3.8, 4) is 0 Å². The van der Waals surface area contributed by atoms with Crippen LogP contribution in [0.5, 0.6) is 0 Å². The second-order valence-corrected chi connectivity index (χ2v) is 9.48. The molecular weight excluding hydrogens is 462 g/mol. The van der Waals surface area contributed by atoms with Gasteiger partial charge < -0.3 is 10.0 Å². The molecule has 2 aliphatic rings.